The molecule has 1 aliphatic carbocycles. The summed E-state index contributed by atoms with van der Waals surface area (Å²) in [5, 5.41) is 10.0. The average molecular weight is 383 g/mol. The van der Waals surface area contributed by atoms with Crippen molar-refractivity contribution in [1.29, 1.82) is 5.26 Å². The van der Waals surface area contributed by atoms with Crippen molar-refractivity contribution >= 4 is 20.9 Å². The van der Waals surface area contributed by atoms with E-state index in [1.807, 2.05) is 24.4 Å². The molecule has 0 fully saturated rings. The first-order chi connectivity index (χ1) is 13.0. The fraction of sp³-hybridized carbons (Fsp3) is 0.250. The van der Waals surface area contributed by atoms with Gasteiger partial charge >= 0.3 is 0 Å². The fourth-order valence-electron chi connectivity index (χ4n) is 3.81. The van der Waals surface area contributed by atoms with E-state index in [1.165, 1.54) is 18.2 Å². The molecule has 1 heterocycles. The number of benzene rings is 2. The minimum absolute atomic E-state index is 0.0712. The first-order valence-electron chi connectivity index (χ1n) is 8.72. The van der Waals surface area contributed by atoms with Crippen LogP contribution in [0.4, 0.5) is 4.39 Å². The Labute approximate surface area is 157 Å². The molecule has 1 unspecified atom stereocenters. The molecular weight excluding hydrogens is 365 g/mol. The molecule has 0 amide bonds. The van der Waals surface area contributed by atoms with E-state index >= 15 is 0 Å². The zero-order valence-corrected chi connectivity index (χ0v) is 15.3. The summed E-state index contributed by atoms with van der Waals surface area (Å²) in [4.78, 5) is -0.0712. The van der Waals surface area contributed by atoms with Gasteiger partial charge in [-0.3, -0.25) is 0 Å². The molecule has 1 atom stereocenters. The molecule has 27 heavy (non-hydrogen) atoms. The molecule has 7 heteroatoms. The van der Waals surface area contributed by atoms with E-state index < -0.39 is 15.8 Å². The Balaban J connectivity index is 1.63. The first-order valence-corrected chi connectivity index (χ1v) is 10.2. The van der Waals surface area contributed by atoms with E-state index in [4.69, 9.17) is 5.26 Å². The smallest absolute Gasteiger partial charge is 0.240 e. The van der Waals surface area contributed by atoms with Gasteiger partial charge in [0.05, 0.1) is 17.4 Å². The number of nitrogens with zero attached hydrogens (tertiary/aromatic N) is 2. The molecule has 0 aliphatic heterocycles. The maximum atomic E-state index is 13.4. The number of aromatic nitrogens is 1. The zero-order valence-electron chi connectivity index (χ0n) is 14.5. The highest BCUT2D eigenvalue weighted by molar-refractivity contribution is 7.89. The fourth-order valence-corrected chi connectivity index (χ4v) is 5.07. The van der Waals surface area contributed by atoms with Crippen LogP contribution >= 0.6 is 0 Å². The number of nitriles is 1. The van der Waals surface area contributed by atoms with Crippen molar-refractivity contribution in [3.05, 3.63) is 65.6 Å². The van der Waals surface area contributed by atoms with Crippen molar-refractivity contribution in [1.82, 2.24) is 9.29 Å². The molecule has 1 aliphatic rings. The second-order valence-corrected chi connectivity index (χ2v) is 8.46. The summed E-state index contributed by atoms with van der Waals surface area (Å²) in [6.45, 7) is 0.607. The number of hydrogen-bond donors (Lipinski definition) is 1. The molecule has 0 radical (unpaired) electrons. The van der Waals surface area contributed by atoms with Crippen molar-refractivity contribution in [2.75, 3.05) is 0 Å². The highest BCUT2D eigenvalue weighted by Crippen LogP contribution is 2.32. The first kappa shape index (κ1) is 17.7. The number of nitrogens with one attached hydrogen (secondary N) is 1. The highest BCUT2D eigenvalue weighted by atomic mass is 32.2. The van der Waals surface area contributed by atoms with E-state index in [0.29, 0.717) is 25.8 Å². The molecule has 5 nitrogen and oxygen atoms in total. The molecule has 138 valence electrons. The third-order valence-electron chi connectivity index (χ3n) is 4.90. The van der Waals surface area contributed by atoms with Crippen molar-refractivity contribution < 1.29 is 12.8 Å². The summed E-state index contributed by atoms with van der Waals surface area (Å²) < 4.78 is 43.5. The van der Waals surface area contributed by atoms with Crippen molar-refractivity contribution in [3.8, 4) is 6.07 Å². The third kappa shape index (κ3) is 3.34. The van der Waals surface area contributed by atoms with Crippen LogP contribution in [0.5, 0.6) is 0 Å². The maximum Gasteiger partial charge on any atom is 0.240 e. The largest absolute Gasteiger partial charge is 0.346 e. The number of hydrogen-bond acceptors (Lipinski definition) is 3. The van der Waals surface area contributed by atoms with E-state index in [0.717, 1.165) is 28.1 Å². The number of rotatable bonds is 5. The van der Waals surface area contributed by atoms with Crippen LogP contribution in [0.3, 0.4) is 0 Å². The SMILES string of the molecule is N#CCCn1cc2c3c(cccc31)CC(NS(=O)(=O)c1cccc(F)c1)C2. The second kappa shape index (κ2) is 6.80. The molecule has 1 N–H and O–H groups in total. The minimum Gasteiger partial charge on any atom is -0.346 e. The molecule has 0 saturated heterocycles. The summed E-state index contributed by atoms with van der Waals surface area (Å²) in [5.41, 5.74) is 3.22. The van der Waals surface area contributed by atoms with Crippen LogP contribution < -0.4 is 4.72 Å². The van der Waals surface area contributed by atoms with Crippen LogP contribution in [0.25, 0.3) is 10.9 Å². The van der Waals surface area contributed by atoms with Crippen LogP contribution in [0.1, 0.15) is 17.5 Å². The predicted molar refractivity (Wildman–Crippen MR) is 100 cm³/mol. The average Bonchev–Trinajstić information content (AvgIpc) is 2.99. The summed E-state index contributed by atoms with van der Waals surface area (Å²) in [6, 6.07) is 12.9. The Morgan fingerprint density at radius 1 is 1.19 bits per heavy atom. The molecule has 1 aromatic heterocycles. The van der Waals surface area contributed by atoms with E-state index in [9.17, 15) is 12.8 Å². The minimum atomic E-state index is -3.80. The zero-order chi connectivity index (χ0) is 19.0. The molecule has 2 aromatic carbocycles. The van der Waals surface area contributed by atoms with Crippen LogP contribution in [0.2, 0.25) is 0 Å². The lowest BCUT2D eigenvalue weighted by atomic mass is 9.90. The summed E-state index contributed by atoms with van der Waals surface area (Å²) in [6.07, 6.45) is 3.56. The Bertz CT molecular complexity index is 1160. The Morgan fingerprint density at radius 2 is 1.96 bits per heavy atom. The molecule has 3 aromatic rings. The monoisotopic (exact) mass is 383 g/mol. The second-order valence-electron chi connectivity index (χ2n) is 6.75. The van der Waals surface area contributed by atoms with E-state index in [1.54, 1.807) is 0 Å². The van der Waals surface area contributed by atoms with Gasteiger partial charge in [-0.1, -0.05) is 18.2 Å². The van der Waals surface area contributed by atoms with Gasteiger partial charge in [-0.25, -0.2) is 17.5 Å². The van der Waals surface area contributed by atoms with Gasteiger partial charge in [0.1, 0.15) is 5.82 Å². The van der Waals surface area contributed by atoms with Crippen LogP contribution in [-0.2, 0) is 29.4 Å². The van der Waals surface area contributed by atoms with Crippen LogP contribution in [-0.4, -0.2) is 19.0 Å². The highest BCUT2D eigenvalue weighted by Gasteiger charge is 2.27. The molecule has 0 saturated carbocycles. The molecule has 4 rings (SSSR count). The van der Waals surface area contributed by atoms with E-state index in [-0.39, 0.29) is 10.9 Å². The standard InChI is InChI=1S/C20H18FN3O2S/c21-16-5-2-6-18(12-16)27(25,26)23-17-10-14-4-1-7-19-20(14)15(11-17)13-24(19)9-3-8-22/h1-2,4-7,12-13,17,23H,3,9-11H2. The van der Waals surface area contributed by atoms with Gasteiger partial charge in [0.15, 0.2) is 0 Å². The Hall–Kier alpha value is -2.69. The lowest BCUT2D eigenvalue weighted by Crippen LogP contribution is -2.39. The van der Waals surface area contributed by atoms with Gasteiger partial charge in [0.2, 0.25) is 10.0 Å². The van der Waals surface area contributed by atoms with Gasteiger partial charge in [-0.15, -0.1) is 0 Å². The van der Waals surface area contributed by atoms with E-state index in [2.05, 4.69) is 15.4 Å². The van der Waals surface area contributed by atoms with Gasteiger partial charge in [-0.2, -0.15) is 5.26 Å². The van der Waals surface area contributed by atoms with Gasteiger partial charge in [-0.05, 0) is 48.2 Å². The number of aryl methyl sites for hydroxylation is 1. The predicted octanol–water partition coefficient (Wildman–Crippen LogP) is 3.14. The van der Waals surface area contributed by atoms with Crippen LogP contribution in [0.15, 0.2) is 53.6 Å². The normalized spacial score (nSPS) is 16.4. The Kier molecular flexibility index (Phi) is 4.46. The lowest BCUT2D eigenvalue weighted by molar-refractivity contribution is 0.539. The number of sulfonamides is 1. The van der Waals surface area contributed by atoms with Crippen molar-refractivity contribution in [3.63, 3.8) is 0 Å². The maximum absolute atomic E-state index is 13.4. The van der Waals surface area contributed by atoms with Crippen molar-refractivity contribution in [2.24, 2.45) is 0 Å². The Morgan fingerprint density at radius 3 is 2.74 bits per heavy atom. The van der Waals surface area contributed by atoms with Crippen molar-refractivity contribution in [2.45, 2.75) is 36.7 Å². The molecular formula is C20H18FN3O2S. The van der Waals surface area contributed by atoms with Gasteiger partial charge < -0.3 is 4.57 Å². The molecule has 0 bridgehead atoms. The number of halogens is 1. The third-order valence-corrected chi connectivity index (χ3v) is 6.41. The van der Waals surface area contributed by atoms with Gasteiger partial charge in [0.25, 0.3) is 0 Å². The topological polar surface area (TPSA) is 74.9 Å². The summed E-state index contributed by atoms with van der Waals surface area (Å²) in [5.74, 6) is -0.580. The van der Waals surface area contributed by atoms with Gasteiger partial charge in [0, 0.05) is 29.7 Å². The summed E-state index contributed by atoms with van der Waals surface area (Å²) in [7, 11) is -3.80. The summed E-state index contributed by atoms with van der Waals surface area (Å²) >= 11 is 0. The van der Waals surface area contributed by atoms with Crippen LogP contribution in [0, 0.1) is 17.1 Å². The molecule has 0 spiro atoms. The lowest BCUT2D eigenvalue weighted by Gasteiger charge is -2.23. The quantitative estimate of drug-likeness (QED) is 0.735.